The molecular formula is C18H27NO. The van der Waals surface area contributed by atoms with Gasteiger partial charge in [0.15, 0.2) is 0 Å². The molecule has 3 rings (SSSR count). The molecule has 0 saturated heterocycles. The van der Waals surface area contributed by atoms with Crippen molar-refractivity contribution in [3.8, 4) is 5.75 Å². The Hall–Kier alpha value is -1.18. The van der Waals surface area contributed by atoms with Crippen molar-refractivity contribution < 1.29 is 4.74 Å². The number of nitrogens with one attached hydrogen (secondary N) is 1. The van der Waals surface area contributed by atoms with E-state index in [0.29, 0.717) is 6.04 Å². The molecule has 2 aliphatic rings. The maximum Gasteiger partial charge on any atom is 0.122 e. The largest absolute Gasteiger partial charge is 0.493 e. The normalized spacial score (nSPS) is 29.1. The van der Waals surface area contributed by atoms with E-state index in [-0.39, 0.29) is 0 Å². The van der Waals surface area contributed by atoms with Gasteiger partial charge in [-0.15, -0.1) is 0 Å². The number of hydrogen-bond donors (Lipinski definition) is 1. The van der Waals surface area contributed by atoms with Crippen molar-refractivity contribution in [2.45, 2.75) is 52.5 Å². The van der Waals surface area contributed by atoms with Crippen LogP contribution >= 0.6 is 0 Å². The first kappa shape index (κ1) is 13.8. The van der Waals surface area contributed by atoms with Crippen LogP contribution in [0.25, 0.3) is 0 Å². The Balaban J connectivity index is 1.74. The molecule has 1 heterocycles. The maximum absolute atomic E-state index is 5.59. The molecule has 3 atom stereocenters. The molecule has 110 valence electrons. The van der Waals surface area contributed by atoms with Crippen LogP contribution in [0.5, 0.6) is 5.75 Å². The first-order chi connectivity index (χ1) is 9.63. The summed E-state index contributed by atoms with van der Waals surface area (Å²) in [7, 11) is 0. The van der Waals surface area contributed by atoms with E-state index >= 15 is 0 Å². The molecule has 0 aromatic heterocycles. The Kier molecular flexibility index (Phi) is 3.91. The predicted molar refractivity (Wildman–Crippen MR) is 84.4 cm³/mol. The lowest BCUT2D eigenvalue weighted by atomic mass is 9.74. The highest BCUT2D eigenvalue weighted by Crippen LogP contribution is 2.36. The number of fused-ring (bicyclic) bond motifs is 1. The molecular weight excluding hydrogens is 246 g/mol. The fourth-order valence-corrected chi connectivity index (χ4v) is 3.86. The summed E-state index contributed by atoms with van der Waals surface area (Å²) < 4.78 is 5.59. The predicted octanol–water partition coefficient (Wildman–Crippen LogP) is 4.49. The Morgan fingerprint density at radius 2 is 2.10 bits per heavy atom. The van der Waals surface area contributed by atoms with Crippen molar-refractivity contribution in [3.63, 3.8) is 0 Å². The molecule has 1 aromatic rings. The maximum atomic E-state index is 5.59. The summed E-state index contributed by atoms with van der Waals surface area (Å²) in [5.74, 6) is 3.49. The Morgan fingerprint density at radius 1 is 1.25 bits per heavy atom. The van der Waals surface area contributed by atoms with Gasteiger partial charge in [-0.05, 0) is 54.4 Å². The summed E-state index contributed by atoms with van der Waals surface area (Å²) in [6.45, 7) is 7.97. The third-order valence-electron chi connectivity index (χ3n) is 5.06. The SMILES string of the molecule is CC1CCC(C(C)C)C(Nc2ccc3c(c2)CCO3)C1. The molecule has 3 unspecified atom stereocenters. The zero-order valence-corrected chi connectivity index (χ0v) is 13.0. The number of hydrogen-bond acceptors (Lipinski definition) is 2. The molecule has 1 aliphatic carbocycles. The summed E-state index contributed by atoms with van der Waals surface area (Å²) in [5.41, 5.74) is 2.64. The monoisotopic (exact) mass is 273 g/mol. The fraction of sp³-hybridized carbons (Fsp3) is 0.667. The average Bonchev–Trinajstić information content (AvgIpc) is 2.85. The zero-order valence-electron chi connectivity index (χ0n) is 13.0. The molecule has 1 aliphatic heterocycles. The van der Waals surface area contributed by atoms with Gasteiger partial charge in [0.05, 0.1) is 6.61 Å². The van der Waals surface area contributed by atoms with E-state index in [1.807, 2.05) is 0 Å². The molecule has 0 radical (unpaired) electrons. The standard InChI is InChI=1S/C18H27NO/c1-12(2)16-6-4-13(3)10-17(16)19-15-5-7-18-14(11-15)8-9-20-18/h5,7,11-13,16-17,19H,4,6,8-10H2,1-3H3. The van der Waals surface area contributed by atoms with Crippen LogP contribution in [0, 0.1) is 17.8 Å². The molecule has 1 saturated carbocycles. The molecule has 1 aromatic carbocycles. The summed E-state index contributed by atoms with van der Waals surface area (Å²) in [6, 6.07) is 7.22. The number of benzene rings is 1. The third-order valence-corrected chi connectivity index (χ3v) is 5.06. The minimum Gasteiger partial charge on any atom is -0.493 e. The van der Waals surface area contributed by atoms with Gasteiger partial charge >= 0.3 is 0 Å². The van der Waals surface area contributed by atoms with Crippen LogP contribution < -0.4 is 10.1 Å². The molecule has 1 fully saturated rings. The number of anilines is 1. The van der Waals surface area contributed by atoms with Crippen molar-refractivity contribution in [2.75, 3.05) is 11.9 Å². The van der Waals surface area contributed by atoms with Gasteiger partial charge in [0.2, 0.25) is 0 Å². The lowest BCUT2D eigenvalue weighted by Gasteiger charge is -2.38. The second-order valence-corrected chi connectivity index (χ2v) is 7.00. The van der Waals surface area contributed by atoms with Crippen LogP contribution in [0.4, 0.5) is 5.69 Å². The van der Waals surface area contributed by atoms with Crippen LogP contribution in [-0.2, 0) is 6.42 Å². The van der Waals surface area contributed by atoms with Gasteiger partial charge in [-0.2, -0.15) is 0 Å². The first-order valence-electron chi connectivity index (χ1n) is 8.15. The van der Waals surface area contributed by atoms with Crippen molar-refractivity contribution in [3.05, 3.63) is 23.8 Å². The van der Waals surface area contributed by atoms with Crippen molar-refractivity contribution in [1.82, 2.24) is 0 Å². The van der Waals surface area contributed by atoms with E-state index in [4.69, 9.17) is 4.74 Å². The Bertz CT molecular complexity index is 468. The summed E-state index contributed by atoms with van der Waals surface area (Å²) >= 11 is 0. The highest BCUT2D eigenvalue weighted by atomic mass is 16.5. The smallest absolute Gasteiger partial charge is 0.122 e. The quantitative estimate of drug-likeness (QED) is 0.876. The lowest BCUT2D eigenvalue weighted by Crippen LogP contribution is -2.37. The third kappa shape index (κ3) is 2.79. The van der Waals surface area contributed by atoms with Gasteiger partial charge in [-0.1, -0.05) is 27.2 Å². The number of rotatable bonds is 3. The minimum absolute atomic E-state index is 0.624. The van der Waals surface area contributed by atoms with Gasteiger partial charge in [0.1, 0.15) is 5.75 Å². The molecule has 2 nitrogen and oxygen atoms in total. The first-order valence-corrected chi connectivity index (χ1v) is 8.15. The zero-order chi connectivity index (χ0) is 14.1. The summed E-state index contributed by atoms with van der Waals surface area (Å²) in [6.07, 6.45) is 5.11. The van der Waals surface area contributed by atoms with Gasteiger partial charge in [-0.25, -0.2) is 0 Å². The Morgan fingerprint density at radius 3 is 2.90 bits per heavy atom. The summed E-state index contributed by atoms with van der Waals surface area (Å²) in [5, 5.41) is 3.82. The van der Waals surface area contributed by atoms with Crippen LogP contribution in [0.2, 0.25) is 0 Å². The van der Waals surface area contributed by atoms with Gasteiger partial charge in [0, 0.05) is 18.2 Å². The van der Waals surface area contributed by atoms with Crippen molar-refractivity contribution in [1.29, 1.82) is 0 Å². The molecule has 0 amide bonds. The van der Waals surface area contributed by atoms with E-state index < -0.39 is 0 Å². The minimum atomic E-state index is 0.624. The molecule has 1 N–H and O–H groups in total. The fourth-order valence-electron chi connectivity index (χ4n) is 3.86. The second kappa shape index (κ2) is 5.67. The second-order valence-electron chi connectivity index (χ2n) is 7.00. The Labute approximate surface area is 122 Å². The van der Waals surface area contributed by atoms with E-state index in [2.05, 4.69) is 44.3 Å². The highest BCUT2D eigenvalue weighted by Gasteiger charge is 2.30. The van der Waals surface area contributed by atoms with E-state index in [9.17, 15) is 0 Å². The summed E-state index contributed by atoms with van der Waals surface area (Å²) in [4.78, 5) is 0. The van der Waals surface area contributed by atoms with Crippen molar-refractivity contribution >= 4 is 5.69 Å². The van der Waals surface area contributed by atoms with Gasteiger partial charge < -0.3 is 10.1 Å². The molecule has 20 heavy (non-hydrogen) atoms. The lowest BCUT2D eigenvalue weighted by molar-refractivity contribution is 0.212. The topological polar surface area (TPSA) is 21.3 Å². The van der Waals surface area contributed by atoms with Crippen molar-refractivity contribution in [2.24, 2.45) is 17.8 Å². The molecule has 0 spiro atoms. The van der Waals surface area contributed by atoms with Crippen LogP contribution in [0.1, 0.15) is 45.6 Å². The van der Waals surface area contributed by atoms with Gasteiger partial charge in [-0.3, -0.25) is 0 Å². The molecule has 2 heteroatoms. The highest BCUT2D eigenvalue weighted by molar-refractivity contribution is 5.53. The van der Waals surface area contributed by atoms with E-state index in [1.165, 1.54) is 30.5 Å². The van der Waals surface area contributed by atoms with Crippen LogP contribution in [0.15, 0.2) is 18.2 Å². The number of ether oxygens (including phenoxy) is 1. The average molecular weight is 273 g/mol. The van der Waals surface area contributed by atoms with E-state index in [1.54, 1.807) is 0 Å². The van der Waals surface area contributed by atoms with Crippen LogP contribution in [-0.4, -0.2) is 12.6 Å². The van der Waals surface area contributed by atoms with Crippen LogP contribution in [0.3, 0.4) is 0 Å². The van der Waals surface area contributed by atoms with E-state index in [0.717, 1.165) is 36.5 Å². The molecule has 0 bridgehead atoms. The van der Waals surface area contributed by atoms with Gasteiger partial charge in [0.25, 0.3) is 0 Å².